The Morgan fingerprint density at radius 2 is 2.10 bits per heavy atom. The molecule has 2 rings (SSSR count). The Labute approximate surface area is 117 Å². The number of methoxy groups -OCH3 is 1. The third-order valence-corrected chi connectivity index (χ3v) is 3.92. The summed E-state index contributed by atoms with van der Waals surface area (Å²) in [7, 11) is 3.30. The van der Waals surface area contributed by atoms with Crippen LogP contribution in [0.4, 0.5) is 11.5 Å². The lowest BCUT2D eigenvalue weighted by molar-refractivity contribution is -0.385. The summed E-state index contributed by atoms with van der Waals surface area (Å²) >= 11 is 0. The van der Waals surface area contributed by atoms with Gasteiger partial charge < -0.3 is 15.0 Å². The molecule has 0 saturated carbocycles. The molecule has 8 heteroatoms. The predicted molar refractivity (Wildman–Crippen MR) is 74.2 cm³/mol. The second-order valence-corrected chi connectivity index (χ2v) is 5.11. The normalized spacial score (nSPS) is 17.9. The molecule has 1 aromatic heterocycles. The first-order valence-electron chi connectivity index (χ1n) is 6.48. The van der Waals surface area contributed by atoms with Crippen LogP contribution in [0, 0.1) is 10.1 Å². The minimum absolute atomic E-state index is 0.00181. The molecule has 1 fully saturated rings. The van der Waals surface area contributed by atoms with Crippen LogP contribution in [0.25, 0.3) is 0 Å². The van der Waals surface area contributed by atoms with Crippen molar-refractivity contribution in [3.63, 3.8) is 0 Å². The van der Waals surface area contributed by atoms with Crippen LogP contribution < -0.4 is 15.0 Å². The highest BCUT2D eigenvalue weighted by Crippen LogP contribution is 2.35. The molecule has 8 nitrogen and oxygen atoms in total. The Hall–Kier alpha value is -1.96. The summed E-state index contributed by atoms with van der Waals surface area (Å²) < 4.78 is 4.97. The van der Waals surface area contributed by atoms with Crippen molar-refractivity contribution < 1.29 is 9.66 Å². The quantitative estimate of drug-likeness (QED) is 0.649. The van der Waals surface area contributed by atoms with Crippen molar-refractivity contribution in [3.8, 4) is 5.88 Å². The van der Waals surface area contributed by atoms with Crippen molar-refractivity contribution in [1.29, 1.82) is 0 Å². The van der Waals surface area contributed by atoms with Crippen molar-refractivity contribution >= 4 is 11.5 Å². The Morgan fingerprint density at radius 1 is 1.45 bits per heavy atom. The average Bonchev–Trinajstić information content (AvgIpc) is 2.47. The molecule has 0 radical (unpaired) electrons. The molecule has 0 atom stereocenters. The molecule has 1 N–H and O–H groups in total. The van der Waals surface area contributed by atoms with Crippen molar-refractivity contribution in [3.05, 3.63) is 16.4 Å². The smallest absolute Gasteiger partial charge is 0.372 e. The minimum atomic E-state index is -0.486. The second kappa shape index (κ2) is 5.58. The maximum absolute atomic E-state index is 11.2. The van der Waals surface area contributed by atoms with Gasteiger partial charge in [0.1, 0.15) is 6.33 Å². The van der Waals surface area contributed by atoms with E-state index in [2.05, 4.69) is 22.2 Å². The van der Waals surface area contributed by atoms with Crippen LogP contribution in [0.5, 0.6) is 5.88 Å². The Balaban J connectivity index is 2.28. The molecule has 0 spiro atoms. The number of hydrogen-bond donors (Lipinski definition) is 1. The summed E-state index contributed by atoms with van der Waals surface area (Å²) in [5.74, 6) is 0.335. The van der Waals surface area contributed by atoms with Crippen LogP contribution in [0.1, 0.15) is 19.8 Å². The van der Waals surface area contributed by atoms with E-state index in [4.69, 9.17) is 4.74 Å². The molecular formula is C12H19N5O3. The lowest BCUT2D eigenvalue weighted by atomic mass is 9.90. The van der Waals surface area contributed by atoms with Gasteiger partial charge in [-0.25, -0.2) is 4.98 Å². The molecule has 110 valence electrons. The molecule has 20 heavy (non-hydrogen) atoms. The van der Waals surface area contributed by atoms with E-state index in [1.54, 1.807) is 0 Å². The fraction of sp³-hybridized carbons (Fsp3) is 0.667. The van der Waals surface area contributed by atoms with E-state index < -0.39 is 4.92 Å². The Bertz CT molecular complexity index is 500. The van der Waals surface area contributed by atoms with E-state index >= 15 is 0 Å². The first-order chi connectivity index (χ1) is 9.50. The minimum Gasteiger partial charge on any atom is -0.476 e. The van der Waals surface area contributed by atoms with Crippen molar-refractivity contribution in [2.45, 2.75) is 25.3 Å². The topological polar surface area (TPSA) is 93.4 Å². The van der Waals surface area contributed by atoms with Crippen molar-refractivity contribution in [2.24, 2.45) is 0 Å². The molecule has 0 aliphatic carbocycles. The highest BCUT2D eigenvalue weighted by Gasteiger charge is 2.33. The number of anilines is 1. The molecule has 0 aromatic carbocycles. The third-order valence-electron chi connectivity index (χ3n) is 3.92. The maximum Gasteiger partial charge on any atom is 0.372 e. The summed E-state index contributed by atoms with van der Waals surface area (Å²) in [6, 6.07) is 0. The van der Waals surface area contributed by atoms with Crippen molar-refractivity contribution in [1.82, 2.24) is 15.3 Å². The van der Waals surface area contributed by atoms with Gasteiger partial charge >= 0.3 is 5.69 Å². The molecule has 1 aliphatic heterocycles. The molecule has 2 heterocycles. The van der Waals surface area contributed by atoms with Gasteiger partial charge in [0, 0.05) is 18.6 Å². The first kappa shape index (κ1) is 14.4. The van der Waals surface area contributed by atoms with Gasteiger partial charge in [0.25, 0.3) is 5.88 Å². The van der Waals surface area contributed by atoms with Crippen LogP contribution >= 0.6 is 0 Å². The van der Waals surface area contributed by atoms with Gasteiger partial charge in [-0.05, 0) is 26.8 Å². The number of ether oxygens (including phenoxy) is 1. The molecule has 1 aromatic rings. The van der Waals surface area contributed by atoms with Crippen LogP contribution in [0.2, 0.25) is 0 Å². The van der Waals surface area contributed by atoms with E-state index in [9.17, 15) is 10.1 Å². The molecule has 0 amide bonds. The van der Waals surface area contributed by atoms with Crippen molar-refractivity contribution in [2.75, 3.05) is 32.1 Å². The van der Waals surface area contributed by atoms with Crippen LogP contribution in [-0.4, -0.2) is 47.7 Å². The second-order valence-electron chi connectivity index (χ2n) is 5.11. The number of piperidine rings is 1. The third kappa shape index (κ3) is 2.64. The zero-order chi connectivity index (χ0) is 14.8. The monoisotopic (exact) mass is 281 g/mol. The van der Waals surface area contributed by atoms with Gasteiger partial charge in [0.15, 0.2) is 0 Å². The molecule has 1 saturated heterocycles. The number of nitro groups is 1. The standard InChI is InChI=1S/C12H19N5O3/c1-12(13-2)4-6-16(7-5-12)10-9(17(18)19)11(20-3)15-8-14-10/h8,13H,4-7H2,1-3H3. The number of nitrogens with one attached hydrogen (secondary N) is 1. The first-order valence-corrected chi connectivity index (χ1v) is 6.48. The summed E-state index contributed by atoms with van der Waals surface area (Å²) in [6.45, 7) is 3.57. The predicted octanol–water partition coefficient (Wildman–Crippen LogP) is 0.972. The molecule has 1 aliphatic rings. The summed E-state index contributed by atoms with van der Waals surface area (Å²) in [4.78, 5) is 20.5. The summed E-state index contributed by atoms with van der Waals surface area (Å²) in [5.41, 5.74) is -0.0920. The van der Waals surface area contributed by atoms with E-state index in [1.807, 2.05) is 11.9 Å². The maximum atomic E-state index is 11.2. The van der Waals surface area contributed by atoms with Gasteiger partial charge in [-0.2, -0.15) is 4.98 Å². The van der Waals surface area contributed by atoms with Crippen LogP contribution in [0.15, 0.2) is 6.33 Å². The number of hydrogen-bond acceptors (Lipinski definition) is 7. The summed E-state index contributed by atoms with van der Waals surface area (Å²) in [5, 5.41) is 14.5. The molecule has 0 unspecified atom stereocenters. The van der Waals surface area contributed by atoms with Gasteiger partial charge in [-0.15, -0.1) is 0 Å². The van der Waals surface area contributed by atoms with E-state index in [0.29, 0.717) is 18.9 Å². The zero-order valence-electron chi connectivity index (χ0n) is 11.9. The van der Waals surface area contributed by atoms with Gasteiger partial charge in [0.2, 0.25) is 5.82 Å². The zero-order valence-corrected chi connectivity index (χ0v) is 11.9. The number of nitrogens with zero attached hydrogens (tertiary/aromatic N) is 4. The lowest BCUT2D eigenvalue weighted by Crippen LogP contribution is -2.50. The number of rotatable bonds is 4. The van der Waals surface area contributed by atoms with Crippen LogP contribution in [0.3, 0.4) is 0 Å². The van der Waals surface area contributed by atoms with Gasteiger partial charge in [0.05, 0.1) is 12.0 Å². The van der Waals surface area contributed by atoms with Gasteiger partial charge in [-0.3, -0.25) is 10.1 Å². The fourth-order valence-electron chi connectivity index (χ4n) is 2.36. The van der Waals surface area contributed by atoms with E-state index in [-0.39, 0.29) is 17.1 Å². The molecular weight excluding hydrogens is 262 g/mol. The largest absolute Gasteiger partial charge is 0.476 e. The fourth-order valence-corrected chi connectivity index (χ4v) is 2.36. The van der Waals surface area contributed by atoms with E-state index in [1.165, 1.54) is 13.4 Å². The highest BCUT2D eigenvalue weighted by molar-refractivity contribution is 5.62. The molecule has 0 bridgehead atoms. The Kier molecular flexibility index (Phi) is 4.03. The Morgan fingerprint density at radius 3 is 2.60 bits per heavy atom. The highest BCUT2D eigenvalue weighted by atomic mass is 16.6. The summed E-state index contributed by atoms with van der Waals surface area (Å²) in [6.07, 6.45) is 3.09. The van der Waals surface area contributed by atoms with E-state index in [0.717, 1.165) is 12.8 Å². The average molecular weight is 281 g/mol. The van der Waals surface area contributed by atoms with Gasteiger partial charge in [-0.1, -0.05) is 0 Å². The number of aromatic nitrogens is 2. The SMILES string of the molecule is CNC1(C)CCN(c2ncnc(OC)c2[N+](=O)[O-])CC1. The lowest BCUT2D eigenvalue weighted by Gasteiger charge is -2.39. The van der Waals surface area contributed by atoms with Crippen LogP contribution in [-0.2, 0) is 0 Å².